The number of nitrogens with one attached hydrogen (secondary N) is 1. The zero-order valence-electron chi connectivity index (χ0n) is 13.1. The Morgan fingerprint density at radius 2 is 2.00 bits per heavy atom. The molecule has 1 saturated heterocycles. The van der Waals surface area contributed by atoms with Gasteiger partial charge in [0, 0.05) is 17.5 Å². The molecule has 1 aromatic rings. The number of benzene rings is 1. The number of hydrogen-bond donors (Lipinski definition) is 2. The van der Waals surface area contributed by atoms with Crippen LogP contribution in [0, 0.1) is 0 Å². The second kappa shape index (κ2) is 6.20. The molecule has 3 rings (SSSR count). The van der Waals surface area contributed by atoms with E-state index in [9.17, 15) is 9.59 Å². The zero-order valence-corrected chi connectivity index (χ0v) is 13.1. The van der Waals surface area contributed by atoms with Crippen LogP contribution < -0.4 is 10.1 Å². The van der Waals surface area contributed by atoms with Crippen molar-refractivity contribution in [3.05, 3.63) is 29.8 Å². The predicted molar refractivity (Wildman–Crippen MR) is 82.4 cm³/mol. The lowest BCUT2D eigenvalue weighted by Gasteiger charge is -2.20. The summed E-state index contributed by atoms with van der Waals surface area (Å²) in [5.41, 5.74) is 1.03. The molecule has 2 N–H and O–H groups in total. The second-order valence-corrected chi connectivity index (χ2v) is 6.23. The molecule has 0 aromatic heterocycles. The van der Waals surface area contributed by atoms with E-state index in [1.54, 1.807) is 7.11 Å². The number of methoxy groups -OCH3 is 1. The Hall–Kier alpha value is -2.08. The molecule has 0 radical (unpaired) electrons. The number of amides is 1. The van der Waals surface area contributed by atoms with Crippen LogP contribution in [-0.2, 0) is 19.7 Å². The topological polar surface area (TPSA) is 84.9 Å². The van der Waals surface area contributed by atoms with E-state index in [1.807, 2.05) is 24.3 Å². The molecule has 124 valence electrons. The van der Waals surface area contributed by atoms with Crippen LogP contribution in [0.4, 0.5) is 0 Å². The molecule has 2 fully saturated rings. The third-order valence-corrected chi connectivity index (χ3v) is 4.72. The number of rotatable bonds is 6. The van der Waals surface area contributed by atoms with Crippen LogP contribution >= 0.6 is 0 Å². The number of aliphatic carboxylic acids is 1. The van der Waals surface area contributed by atoms with Crippen molar-refractivity contribution in [2.75, 3.05) is 13.7 Å². The molecule has 0 bridgehead atoms. The van der Waals surface area contributed by atoms with Crippen LogP contribution in [0.1, 0.15) is 31.2 Å². The maximum Gasteiger partial charge on any atom is 0.332 e. The highest BCUT2D eigenvalue weighted by Crippen LogP contribution is 2.50. The smallest absolute Gasteiger partial charge is 0.332 e. The molecular weight excluding hydrogens is 298 g/mol. The monoisotopic (exact) mass is 319 g/mol. The van der Waals surface area contributed by atoms with Crippen LogP contribution in [0.25, 0.3) is 0 Å². The lowest BCUT2D eigenvalue weighted by atomic mass is 9.94. The summed E-state index contributed by atoms with van der Waals surface area (Å²) in [5.74, 6) is -0.398. The van der Waals surface area contributed by atoms with Crippen LogP contribution in [0.15, 0.2) is 24.3 Å². The van der Waals surface area contributed by atoms with Crippen molar-refractivity contribution in [2.45, 2.75) is 43.3 Å². The van der Waals surface area contributed by atoms with Crippen LogP contribution in [0.2, 0.25) is 0 Å². The molecule has 23 heavy (non-hydrogen) atoms. The number of carbonyl (C=O) groups is 2. The predicted octanol–water partition coefficient (Wildman–Crippen LogP) is 1.48. The van der Waals surface area contributed by atoms with Gasteiger partial charge in [-0.25, -0.2) is 4.79 Å². The van der Waals surface area contributed by atoms with Gasteiger partial charge in [0.15, 0.2) is 6.10 Å². The van der Waals surface area contributed by atoms with E-state index in [0.717, 1.165) is 24.2 Å². The van der Waals surface area contributed by atoms with Gasteiger partial charge in [-0.2, -0.15) is 0 Å². The van der Waals surface area contributed by atoms with Crippen molar-refractivity contribution in [1.29, 1.82) is 0 Å². The summed E-state index contributed by atoms with van der Waals surface area (Å²) in [6.07, 6.45) is 1.29. The first kappa shape index (κ1) is 15.8. The van der Waals surface area contributed by atoms with E-state index in [2.05, 4.69) is 5.32 Å². The summed E-state index contributed by atoms with van der Waals surface area (Å²) in [7, 11) is 1.64. The molecule has 1 amide bonds. The molecular formula is C17H21NO5. The quantitative estimate of drug-likeness (QED) is 0.829. The van der Waals surface area contributed by atoms with Crippen molar-refractivity contribution in [1.82, 2.24) is 5.32 Å². The Labute approximate surface area is 134 Å². The minimum atomic E-state index is -1.01. The molecule has 1 saturated carbocycles. The van der Waals surface area contributed by atoms with Crippen molar-refractivity contribution in [3.8, 4) is 5.75 Å². The molecule has 2 aliphatic rings. The minimum absolute atomic E-state index is 0.0763. The third kappa shape index (κ3) is 3.17. The van der Waals surface area contributed by atoms with Crippen molar-refractivity contribution in [2.24, 2.45) is 0 Å². The largest absolute Gasteiger partial charge is 0.496 e. The van der Waals surface area contributed by atoms with Gasteiger partial charge in [-0.3, -0.25) is 4.79 Å². The summed E-state index contributed by atoms with van der Waals surface area (Å²) in [5, 5.41) is 11.8. The van der Waals surface area contributed by atoms with Crippen LogP contribution in [-0.4, -0.2) is 42.8 Å². The Kier molecular flexibility index (Phi) is 4.26. The molecule has 6 nitrogen and oxygen atoms in total. The Morgan fingerprint density at radius 3 is 2.61 bits per heavy atom. The van der Waals surface area contributed by atoms with Gasteiger partial charge < -0.3 is 19.9 Å². The van der Waals surface area contributed by atoms with Gasteiger partial charge in [0.25, 0.3) is 0 Å². The van der Waals surface area contributed by atoms with E-state index < -0.39 is 18.2 Å². The van der Waals surface area contributed by atoms with Crippen molar-refractivity contribution < 1.29 is 24.2 Å². The normalized spacial score (nSPS) is 24.9. The fourth-order valence-electron chi connectivity index (χ4n) is 3.16. The van der Waals surface area contributed by atoms with E-state index in [1.165, 1.54) is 0 Å². The number of carbonyl (C=O) groups excluding carboxylic acids is 1. The Morgan fingerprint density at radius 1 is 1.30 bits per heavy atom. The van der Waals surface area contributed by atoms with Gasteiger partial charge >= 0.3 is 5.97 Å². The van der Waals surface area contributed by atoms with Crippen molar-refractivity contribution in [3.63, 3.8) is 0 Å². The molecule has 1 aliphatic heterocycles. The van der Waals surface area contributed by atoms with Gasteiger partial charge in [-0.1, -0.05) is 18.2 Å². The van der Waals surface area contributed by atoms with Crippen LogP contribution in [0.3, 0.4) is 0 Å². The highest BCUT2D eigenvalue weighted by atomic mass is 16.5. The summed E-state index contributed by atoms with van der Waals surface area (Å²) < 4.78 is 10.7. The molecule has 6 heteroatoms. The lowest BCUT2D eigenvalue weighted by molar-refractivity contribution is -0.151. The van der Waals surface area contributed by atoms with E-state index in [4.69, 9.17) is 14.6 Å². The van der Waals surface area contributed by atoms with Crippen LogP contribution in [0.5, 0.6) is 5.75 Å². The Bertz CT molecular complexity index is 611. The fourth-order valence-corrected chi connectivity index (χ4v) is 3.16. The van der Waals surface area contributed by atoms with E-state index in [0.29, 0.717) is 19.4 Å². The first-order valence-corrected chi connectivity index (χ1v) is 7.85. The number of para-hydroxylation sites is 1. The highest BCUT2D eigenvalue weighted by Gasteiger charge is 2.46. The number of hydrogen-bond acceptors (Lipinski definition) is 4. The summed E-state index contributed by atoms with van der Waals surface area (Å²) in [6, 6.07) is 7.85. The molecule has 1 aromatic carbocycles. The van der Waals surface area contributed by atoms with Gasteiger partial charge in [-0.05, 0) is 31.7 Å². The summed E-state index contributed by atoms with van der Waals surface area (Å²) >= 11 is 0. The first-order valence-electron chi connectivity index (χ1n) is 7.85. The number of carboxylic acid groups (broad SMARTS) is 1. The average molecular weight is 319 g/mol. The minimum Gasteiger partial charge on any atom is -0.496 e. The summed E-state index contributed by atoms with van der Waals surface area (Å²) in [4.78, 5) is 23.1. The highest BCUT2D eigenvalue weighted by molar-refractivity contribution is 5.82. The first-order chi connectivity index (χ1) is 11.1. The fraction of sp³-hybridized carbons (Fsp3) is 0.529. The molecule has 1 heterocycles. The van der Waals surface area contributed by atoms with Gasteiger partial charge in [0.2, 0.25) is 5.91 Å². The maximum absolute atomic E-state index is 12.2. The zero-order chi connectivity index (χ0) is 16.4. The molecule has 1 aliphatic carbocycles. The number of ether oxygens (including phenoxy) is 2. The average Bonchev–Trinajstić information content (AvgIpc) is 3.18. The van der Waals surface area contributed by atoms with Gasteiger partial charge in [0.05, 0.1) is 7.11 Å². The molecule has 0 unspecified atom stereocenters. The SMILES string of the molecule is COc1ccccc1C1(CNC(=O)[C@@H]2CC[C@H](C(=O)O)O2)CC1. The standard InChI is InChI=1S/C17H21NO5/c1-22-12-5-3-2-4-11(12)17(8-9-17)10-18-15(19)13-6-7-14(23-13)16(20)21/h2-5,13-14H,6-10H2,1H3,(H,18,19)(H,20,21)/t13-,14+/m0/s1. The summed E-state index contributed by atoms with van der Waals surface area (Å²) in [6.45, 7) is 0.518. The maximum atomic E-state index is 12.2. The second-order valence-electron chi connectivity index (χ2n) is 6.23. The van der Waals surface area contributed by atoms with E-state index in [-0.39, 0.29) is 11.3 Å². The molecule has 0 spiro atoms. The number of carboxylic acids is 1. The van der Waals surface area contributed by atoms with E-state index >= 15 is 0 Å². The third-order valence-electron chi connectivity index (χ3n) is 4.72. The Balaban J connectivity index is 1.60. The van der Waals surface area contributed by atoms with Crippen molar-refractivity contribution >= 4 is 11.9 Å². The van der Waals surface area contributed by atoms with Gasteiger partial charge in [0.1, 0.15) is 11.9 Å². The lowest BCUT2D eigenvalue weighted by Crippen LogP contribution is -2.39. The van der Waals surface area contributed by atoms with Gasteiger partial charge in [-0.15, -0.1) is 0 Å². The molecule has 2 atom stereocenters.